The summed E-state index contributed by atoms with van der Waals surface area (Å²) in [6.07, 6.45) is -0.692. The lowest BCUT2D eigenvalue weighted by Gasteiger charge is -2.13. The van der Waals surface area contributed by atoms with Crippen LogP contribution in [0.25, 0.3) is 0 Å². The first kappa shape index (κ1) is 21.7. The number of nitrogens with two attached hydrogens (primary N) is 1. The van der Waals surface area contributed by atoms with Crippen molar-refractivity contribution in [3.8, 4) is 17.2 Å². The summed E-state index contributed by atoms with van der Waals surface area (Å²) in [6.45, 7) is 1.51. The highest BCUT2D eigenvalue weighted by Crippen LogP contribution is 2.29. The summed E-state index contributed by atoms with van der Waals surface area (Å²) in [4.78, 5) is 16.9. The lowest BCUT2D eigenvalue weighted by molar-refractivity contribution is -0.151. The zero-order valence-electron chi connectivity index (χ0n) is 15.6. The molecule has 0 spiro atoms. The predicted molar refractivity (Wildman–Crippen MR) is 108 cm³/mol. The van der Waals surface area contributed by atoms with Gasteiger partial charge in [-0.2, -0.15) is 0 Å². The van der Waals surface area contributed by atoms with Gasteiger partial charge in [-0.25, -0.2) is 4.79 Å². The van der Waals surface area contributed by atoms with Gasteiger partial charge in [0.25, 0.3) is 0 Å². The molecule has 0 saturated heterocycles. The highest BCUT2D eigenvalue weighted by molar-refractivity contribution is 6.35. The number of nitrogens with zero attached hydrogens (tertiary/aromatic N) is 1. The van der Waals surface area contributed by atoms with Crippen LogP contribution in [0, 0.1) is 0 Å². The number of methoxy groups -OCH3 is 2. The van der Waals surface area contributed by atoms with Crippen molar-refractivity contribution in [2.75, 3.05) is 14.2 Å². The average molecular weight is 427 g/mol. The first-order chi connectivity index (χ1) is 13.3. The monoisotopic (exact) mass is 426 g/mol. The number of carbonyl (C=O) groups is 1. The second-order valence-corrected chi connectivity index (χ2v) is 6.54. The van der Waals surface area contributed by atoms with Crippen molar-refractivity contribution < 1.29 is 23.8 Å². The number of amidine groups is 1. The van der Waals surface area contributed by atoms with Crippen molar-refractivity contribution in [1.82, 2.24) is 0 Å². The van der Waals surface area contributed by atoms with Gasteiger partial charge >= 0.3 is 5.97 Å². The molecule has 150 valence electrons. The molecule has 7 nitrogen and oxygen atoms in total. The molecule has 0 aromatic heterocycles. The predicted octanol–water partition coefficient (Wildman–Crippen LogP) is 3.84. The summed E-state index contributed by atoms with van der Waals surface area (Å²) in [5.74, 6) is 0.850. The molecule has 0 radical (unpaired) electrons. The Balaban J connectivity index is 1.95. The third-order valence-corrected chi connectivity index (χ3v) is 4.15. The van der Waals surface area contributed by atoms with Gasteiger partial charge in [0.15, 0.2) is 17.6 Å². The Morgan fingerprint density at radius 3 is 2.39 bits per heavy atom. The lowest BCUT2D eigenvalue weighted by Crippen LogP contribution is -2.26. The number of ether oxygens (including phenoxy) is 3. The van der Waals surface area contributed by atoms with Crippen molar-refractivity contribution in [1.29, 1.82) is 0 Å². The molecule has 2 aromatic rings. The minimum atomic E-state index is -0.948. The Bertz CT molecular complexity index is 873. The van der Waals surface area contributed by atoms with E-state index < -0.39 is 12.1 Å². The molecule has 0 saturated carbocycles. The molecule has 28 heavy (non-hydrogen) atoms. The lowest BCUT2D eigenvalue weighted by atomic mass is 10.1. The van der Waals surface area contributed by atoms with Crippen molar-refractivity contribution in [3.05, 3.63) is 52.0 Å². The standard InChI is InChI=1S/C19H20Cl2N2O5/c1-11(27-15-7-5-13(20)10-14(15)21)19(24)28-23-18(22)9-12-4-6-16(25-2)17(8-12)26-3/h4-8,10-11H,9H2,1-3H3,(H2,22,23). The van der Waals surface area contributed by atoms with E-state index in [4.69, 9.17) is 48.0 Å². The summed E-state index contributed by atoms with van der Waals surface area (Å²) in [5.41, 5.74) is 6.65. The number of rotatable bonds is 8. The SMILES string of the molecule is COc1ccc(CC(N)=NOC(=O)C(C)Oc2ccc(Cl)cc2Cl)cc1OC. The largest absolute Gasteiger partial charge is 0.493 e. The highest BCUT2D eigenvalue weighted by Gasteiger charge is 2.18. The minimum Gasteiger partial charge on any atom is -0.493 e. The van der Waals surface area contributed by atoms with Crippen molar-refractivity contribution in [2.45, 2.75) is 19.4 Å². The number of oxime groups is 1. The molecular formula is C19H20Cl2N2O5. The Morgan fingerprint density at radius 1 is 1.07 bits per heavy atom. The van der Waals surface area contributed by atoms with Gasteiger partial charge in [0.05, 0.1) is 19.2 Å². The van der Waals surface area contributed by atoms with Crippen LogP contribution in [0.15, 0.2) is 41.6 Å². The molecule has 0 aliphatic carbocycles. The van der Waals surface area contributed by atoms with Crippen LogP contribution < -0.4 is 19.9 Å². The zero-order valence-corrected chi connectivity index (χ0v) is 17.1. The molecule has 0 heterocycles. The summed E-state index contributed by atoms with van der Waals surface area (Å²) in [7, 11) is 3.09. The molecule has 9 heteroatoms. The van der Waals surface area contributed by atoms with Gasteiger partial charge in [-0.15, -0.1) is 0 Å². The quantitative estimate of drug-likeness (QED) is 0.298. The van der Waals surface area contributed by atoms with Crippen molar-refractivity contribution >= 4 is 35.0 Å². The van der Waals surface area contributed by atoms with Crippen LogP contribution in [0.5, 0.6) is 17.2 Å². The summed E-state index contributed by atoms with van der Waals surface area (Å²) < 4.78 is 15.9. The van der Waals surface area contributed by atoms with Gasteiger partial charge < -0.3 is 24.8 Å². The van der Waals surface area contributed by atoms with E-state index >= 15 is 0 Å². The van der Waals surface area contributed by atoms with Gasteiger partial charge in [0, 0.05) is 11.4 Å². The smallest absolute Gasteiger partial charge is 0.374 e. The molecule has 0 aliphatic rings. The number of halogens is 2. The number of hydrogen-bond acceptors (Lipinski definition) is 6. The molecule has 0 amide bonds. The van der Waals surface area contributed by atoms with E-state index in [1.54, 1.807) is 37.4 Å². The maximum Gasteiger partial charge on any atom is 0.374 e. The molecule has 0 aliphatic heterocycles. The van der Waals surface area contributed by atoms with Gasteiger partial charge in [-0.3, -0.25) is 0 Å². The van der Waals surface area contributed by atoms with Gasteiger partial charge in [-0.1, -0.05) is 34.4 Å². The fourth-order valence-electron chi connectivity index (χ4n) is 2.22. The second kappa shape index (κ2) is 10.1. The van der Waals surface area contributed by atoms with E-state index in [2.05, 4.69) is 5.16 Å². The first-order valence-electron chi connectivity index (χ1n) is 8.19. The molecule has 0 fully saturated rings. The Morgan fingerprint density at radius 2 is 1.75 bits per heavy atom. The van der Waals surface area contributed by atoms with E-state index in [-0.39, 0.29) is 17.3 Å². The minimum absolute atomic E-state index is 0.109. The van der Waals surface area contributed by atoms with Crippen LogP contribution >= 0.6 is 23.2 Å². The molecule has 0 bridgehead atoms. The van der Waals surface area contributed by atoms with E-state index in [0.29, 0.717) is 22.3 Å². The first-order valence-corrected chi connectivity index (χ1v) is 8.95. The number of benzene rings is 2. The molecule has 1 atom stereocenters. The fourth-order valence-corrected chi connectivity index (χ4v) is 2.67. The molecule has 2 N–H and O–H groups in total. The molecule has 2 aromatic carbocycles. The van der Waals surface area contributed by atoms with Gasteiger partial charge in [-0.05, 0) is 42.8 Å². The van der Waals surface area contributed by atoms with Gasteiger partial charge in [0.2, 0.25) is 0 Å². The Kier molecular flexibility index (Phi) is 7.78. The zero-order chi connectivity index (χ0) is 20.7. The normalized spacial score (nSPS) is 12.2. The van der Waals surface area contributed by atoms with Crippen molar-refractivity contribution in [2.24, 2.45) is 10.9 Å². The topological polar surface area (TPSA) is 92.4 Å². The second-order valence-electron chi connectivity index (χ2n) is 5.69. The van der Waals surface area contributed by atoms with Crippen LogP contribution in [-0.2, 0) is 16.1 Å². The Hall–Kier alpha value is -2.64. The maximum absolute atomic E-state index is 12.1. The van der Waals surface area contributed by atoms with E-state index in [9.17, 15) is 4.79 Å². The van der Waals surface area contributed by atoms with Gasteiger partial charge in [0.1, 0.15) is 11.6 Å². The highest BCUT2D eigenvalue weighted by atomic mass is 35.5. The summed E-state index contributed by atoms with van der Waals surface area (Å²) in [6, 6.07) is 9.98. The third-order valence-electron chi connectivity index (χ3n) is 3.62. The molecule has 1 unspecified atom stereocenters. The maximum atomic E-state index is 12.1. The summed E-state index contributed by atoms with van der Waals surface area (Å²) >= 11 is 11.8. The average Bonchev–Trinajstić information content (AvgIpc) is 2.68. The van der Waals surface area contributed by atoms with Crippen molar-refractivity contribution in [3.63, 3.8) is 0 Å². The number of hydrogen-bond donors (Lipinski definition) is 1. The van der Waals surface area contributed by atoms with E-state index in [1.807, 2.05) is 0 Å². The Labute approximate surface area is 172 Å². The third kappa shape index (κ3) is 5.94. The fraction of sp³-hybridized carbons (Fsp3) is 0.263. The van der Waals surface area contributed by atoms with Crippen LogP contribution in [0.4, 0.5) is 0 Å². The van der Waals surface area contributed by atoms with Crippen LogP contribution in [0.3, 0.4) is 0 Å². The molecule has 2 rings (SSSR count). The summed E-state index contributed by atoms with van der Waals surface area (Å²) in [5, 5.41) is 4.39. The van der Waals surface area contributed by atoms with Crippen LogP contribution in [0.1, 0.15) is 12.5 Å². The number of carbonyl (C=O) groups excluding carboxylic acids is 1. The molecular weight excluding hydrogens is 407 g/mol. The van der Waals surface area contributed by atoms with Crippen LogP contribution in [0.2, 0.25) is 10.0 Å². The van der Waals surface area contributed by atoms with E-state index in [0.717, 1.165) is 5.56 Å². The van der Waals surface area contributed by atoms with Crippen LogP contribution in [-0.4, -0.2) is 32.1 Å². The van der Waals surface area contributed by atoms with E-state index in [1.165, 1.54) is 20.1 Å².